The number of fused-ring (bicyclic) bond motifs is 1. The Balaban J connectivity index is 2.06. The Morgan fingerprint density at radius 1 is 1.21 bits per heavy atom. The molecular weight excluding hydrogens is 236 g/mol. The van der Waals surface area contributed by atoms with Crippen molar-refractivity contribution in [1.29, 1.82) is 5.26 Å². The molecule has 0 saturated carbocycles. The molecule has 3 aromatic rings. The number of imidazole rings is 1. The van der Waals surface area contributed by atoms with E-state index in [1.165, 1.54) is 10.9 Å². The Hall–Kier alpha value is -2.54. The molecule has 0 N–H and O–H groups in total. The van der Waals surface area contributed by atoms with Crippen LogP contribution in [0.5, 0.6) is 0 Å². The second kappa shape index (κ2) is 4.99. The van der Waals surface area contributed by atoms with Crippen molar-refractivity contribution in [2.45, 2.75) is 19.0 Å². The maximum Gasteiger partial charge on any atom is 0.112 e. The maximum atomic E-state index is 8.84. The van der Waals surface area contributed by atoms with Crippen LogP contribution in [0.4, 0.5) is 0 Å². The standard InChI is InChI=1S/C15H14N4/c16-8-3-6-15(18-11-9-17-12-18)19-10-7-13-4-1-2-5-14(13)19/h1-2,4-5,7,9-12,15H,3,6H2. The third-order valence-corrected chi connectivity index (χ3v) is 3.33. The van der Waals surface area contributed by atoms with Crippen molar-refractivity contribution in [3.8, 4) is 6.07 Å². The van der Waals surface area contributed by atoms with Gasteiger partial charge in [-0.25, -0.2) is 4.98 Å². The summed E-state index contributed by atoms with van der Waals surface area (Å²) in [7, 11) is 0. The molecule has 1 atom stereocenters. The van der Waals surface area contributed by atoms with E-state index in [1.54, 1.807) is 12.5 Å². The number of nitriles is 1. The van der Waals surface area contributed by atoms with E-state index in [9.17, 15) is 0 Å². The summed E-state index contributed by atoms with van der Waals surface area (Å²) in [6.45, 7) is 0. The molecule has 2 heterocycles. The monoisotopic (exact) mass is 250 g/mol. The van der Waals surface area contributed by atoms with Gasteiger partial charge in [0, 0.05) is 30.5 Å². The van der Waals surface area contributed by atoms with E-state index in [0.717, 1.165) is 6.42 Å². The Kier molecular flexibility index (Phi) is 3.03. The second-order valence-corrected chi connectivity index (χ2v) is 4.47. The zero-order valence-electron chi connectivity index (χ0n) is 10.5. The van der Waals surface area contributed by atoms with Gasteiger partial charge in [0.25, 0.3) is 0 Å². The number of nitrogens with zero attached hydrogens (tertiary/aromatic N) is 4. The molecule has 0 bridgehead atoms. The molecule has 0 amide bonds. The minimum Gasteiger partial charge on any atom is -0.326 e. The predicted octanol–water partition coefficient (Wildman–Crippen LogP) is 3.19. The highest BCUT2D eigenvalue weighted by Crippen LogP contribution is 2.24. The minimum absolute atomic E-state index is 0.0991. The van der Waals surface area contributed by atoms with Crippen LogP contribution in [-0.4, -0.2) is 14.1 Å². The highest BCUT2D eigenvalue weighted by molar-refractivity contribution is 5.80. The van der Waals surface area contributed by atoms with Crippen LogP contribution in [-0.2, 0) is 0 Å². The van der Waals surface area contributed by atoms with E-state index >= 15 is 0 Å². The summed E-state index contributed by atoms with van der Waals surface area (Å²) in [6.07, 6.45) is 8.98. The van der Waals surface area contributed by atoms with Crippen molar-refractivity contribution < 1.29 is 0 Å². The van der Waals surface area contributed by atoms with Gasteiger partial charge in [0.2, 0.25) is 0 Å². The molecule has 4 heteroatoms. The molecule has 94 valence electrons. The number of benzene rings is 1. The van der Waals surface area contributed by atoms with Crippen molar-refractivity contribution in [2.75, 3.05) is 0 Å². The van der Waals surface area contributed by atoms with Crippen LogP contribution < -0.4 is 0 Å². The summed E-state index contributed by atoms with van der Waals surface area (Å²) in [6, 6.07) is 12.6. The van der Waals surface area contributed by atoms with Gasteiger partial charge in [-0.3, -0.25) is 0 Å². The van der Waals surface area contributed by atoms with Gasteiger partial charge in [0.05, 0.1) is 12.4 Å². The molecule has 0 radical (unpaired) electrons. The summed E-state index contributed by atoms with van der Waals surface area (Å²) in [5.74, 6) is 0. The zero-order chi connectivity index (χ0) is 13.1. The van der Waals surface area contributed by atoms with Crippen molar-refractivity contribution in [2.24, 2.45) is 0 Å². The fourth-order valence-electron chi connectivity index (χ4n) is 2.44. The lowest BCUT2D eigenvalue weighted by Crippen LogP contribution is -2.16. The van der Waals surface area contributed by atoms with E-state index in [4.69, 9.17) is 5.26 Å². The molecule has 0 spiro atoms. The molecule has 19 heavy (non-hydrogen) atoms. The van der Waals surface area contributed by atoms with E-state index < -0.39 is 0 Å². The number of rotatable bonds is 4. The van der Waals surface area contributed by atoms with Crippen LogP contribution in [0, 0.1) is 11.3 Å². The van der Waals surface area contributed by atoms with Gasteiger partial charge < -0.3 is 9.13 Å². The molecule has 0 aliphatic heterocycles. The molecule has 1 unspecified atom stereocenters. The van der Waals surface area contributed by atoms with E-state index in [2.05, 4.69) is 40.0 Å². The van der Waals surface area contributed by atoms with Crippen molar-refractivity contribution in [1.82, 2.24) is 14.1 Å². The first-order valence-corrected chi connectivity index (χ1v) is 6.30. The average Bonchev–Trinajstić information content (AvgIpc) is 3.09. The minimum atomic E-state index is 0.0991. The molecule has 2 aromatic heterocycles. The predicted molar refractivity (Wildman–Crippen MR) is 73.4 cm³/mol. The van der Waals surface area contributed by atoms with Crippen LogP contribution in [0.3, 0.4) is 0 Å². The first-order valence-electron chi connectivity index (χ1n) is 6.30. The molecule has 1 aromatic carbocycles. The first-order chi connectivity index (χ1) is 9.40. The lowest BCUT2D eigenvalue weighted by atomic mass is 10.2. The maximum absolute atomic E-state index is 8.84. The fraction of sp³-hybridized carbons (Fsp3) is 0.200. The van der Waals surface area contributed by atoms with Gasteiger partial charge in [-0.2, -0.15) is 5.26 Å². The van der Waals surface area contributed by atoms with Gasteiger partial charge in [-0.1, -0.05) is 18.2 Å². The Morgan fingerprint density at radius 2 is 2.11 bits per heavy atom. The molecule has 3 rings (SSSR count). The zero-order valence-corrected chi connectivity index (χ0v) is 10.5. The Morgan fingerprint density at radius 3 is 2.89 bits per heavy atom. The molecule has 4 nitrogen and oxygen atoms in total. The topological polar surface area (TPSA) is 46.5 Å². The third kappa shape index (κ3) is 2.11. The smallest absolute Gasteiger partial charge is 0.112 e. The molecule has 0 aliphatic carbocycles. The number of hydrogen-bond acceptors (Lipinski definition) is 2. The molecular formula is C15H14N4. The van der Waals surface area contributed by atoms with Crippen LogP contribution in [0.2, 0.25) is 0 Å². The summed E-state index contributed by atoms with van der Waals surface area (Å²) in [5.41, 5.74) is 1.18. The van der Waals surface area contributed by atoms with Crippen molar-refractivity contribution in [3.63, 3.8) is 0 Å². The van der Waals surface area contributed by atoms with Gasteiger partial charge in [-0.15, -0.1) is 0 Å². The second-order valence-electron chi connectivity index (χ2n) is 4.47. The van der Waals surface area contributed by atoms with Crippen LogP contribution >= 0.6 is 0 Å². The third-order valence-electron chi connectivity index (χ3n) is 3.33. The first kappa shape index (κ1) is 11.5. The number of para-hydroxylation sites is 1. The number of hydrogen-bond donors (Lipinski definition) is 0. The van der Waals surface area contributed by atoms with Gasteiger partial charge in [0.15, 0.2) is 0 Å². The summed E-state index contributed by atoms with van der Waals surface area (Å²) in [5, 5.41) is 10.1. The van der Waals surface area contributed by atoms with E-state index in [0.29, 0.717) is 6.42 Å². The summed E-state index contributed by atoms with van der Waals surface area (Å²) in [4.78, 5) is 4.11. The SMILES string of the molecule is N#CCCC(n1ccnc1)n1ccc2ccccc21. The lowest BCUT2D eigenvalue weighted by Gasteiger charge is -2.20. The van der Waals surface area contributed by atoms with E-state index in [-0.39, 0.29) is 6.17 Å². The van der Waals surface area contributed by atoms with Crippen LogP contribution in [0.1, 0.15) is 19.0 Å². The molecule has 0 saturated heterocycles. The normalized spacial score (nSPS) is 12.4. The quantitative estimate of drug-likeness (QED) is 0.714. The highest BCUT2D eigenvalue weighted by atomic mass is 15.2. The summed E-state index contributed by atoms with van der Waals surface area (Å²) < 4.78 is 4.25. The van der Waals surface area contributed by atoms with E-state index in [1.807, 2.05) is 22.9 Å². The van der Waals surface area contributed by atoms with Crippen LogP contribution in [0.15, 0.2) is 55.2 Å². The largest absolute Gasteiger partial charge is 0.326 e. The number of aromatic nitrogens is 3. The molecule has 0 fully saturated rings. The van der Waals surface area contributed by atoms with Gasteiger partial charge in [-0.05, 0) is 23.9 Å². The Bertz CT molecular complexity index is 703. The van der Waals surface area contributed by atoms with Crippen LogP contribution in [0.25, 0.3) is 10.9 Å². The van der Waals surface area contributed by atoms with Crippen molar-refractivity contribution >= 4 is 10.9 Å². The van der Waals surface area contributed by atoms with Crippen molar-refractivity contribution in [3.05, 3.63) is 55.2 Å². The van der Waals surface area contributed by atoms with Gasteiger partial charge >= 0.3 is 0 Å². The Labute approximate surface area is 111 Å². The summed E-state index contributed by atoms with van der Waals surface area (Å²) >= 11 is 0. The highest BCUT2D eigenvalue weighted by Gasteiger charge is 2.14. The lowest BCUT2D eigenvalue weighted by molar-refractivity contribution is 0.417. The fourth-order valence-corrected chi connectivity index (χ4v) is 2.44. The molecule has 0 aliphatic rings. The van der Waals surface area contributed by atoms with Gasteiger partial charge in [0.1, 0.15) is 6.17 Å². The average molecular weight is 250 g/mol.